The van der Waals surface area contributed by atoms with Crippen LogP contribution in [0.2, 0.25) is 0 Å². The lowest BCUT2D eigenvalue weighted by Gasteiger charge is -2.11. The molecule has 5 heteroatoms. The number of thioether (sulfide) groups is 1. The van der Waals surface area contributed by atoms with E-state index in [9.17, 15) is 9.59 Å². The van der Waals surface area contributed by atoms with Crippen molar-refractivity contribution in [2.75, 3.05) is 0 Å². The van der Waals surface area contributed by atoms with Gasteiger partial charge in [0.05, 0.1) is 6.42 Å². The van der Waals surface area contributed by atoms with E-state index in [1.54, 1.807) is 0 Å². The summed E-state index contributed by atoms with van der Waals surface area (Å²) in [6, 6.07) is 8.07. The van der Waals surface area contributed by atoms with E-state index in [2.05, 4.69) is 26.0 Å². The highest BCUT2D eigenvalue weighted by molar-refractivity contribution is 7.99. The van der Waals surface area contributed by atoms with Gasteiger partial charge in [-0.25, -0.2) is 0 Å². The second-order valence-corrected chi connectivity index (χ2v) is 5.98. The molecule has 4 nitrogen and oxygen atoms in total. The molecule has 0 fully saturated rings. The van der Waals surface area contributed by atoms with E-state index < -0.39 is 17.2 Å². The number of hydrogen-bond donors (Lipinski definition) is 2. The van der Waals surface area contributed by atoms with Crippen molar-refractivity contribution in [2.24, 2.45) is 0 Å². The second-order valence-electron chi connectivity index (χ2n) is 4.79. The molecule has 0 saturated carbocycles. The van der Waals surface area contributed by atoms with E-state index in [1.165, 1.54) is 5.56 Å². The maximum absolute atomic E-state index is 11.0. The van der Waals surface area contributed by atoms with Crippen LogP contribution in [0.5, 0.6) is 0 Å². The first-order valence-electron chi connectivity index (χ1n) is 6.59. The molecule has 0 spiro atoms. The van der Waals surface area contributed by atoms with Crippen LogP contribution in [0.25, 0.3) is 0 Å². The average Bonchev–Trinajstić information content (AvgIpc) is 2.42. The summed E-state index contributed by atoms with van der Waals surface area (Å²) in [6.07, 6.45) is 0.721. The van der Waals surface area contributed by atoms with Crippen molar-refractivity contribution in [1.82, 2.24) is 0 Å². The Kier molecular flexibility index (Phi) is 6.58. The van der Waals surface area contributed by atoms with E-state index in [0.717, 1.165) is 23.7 Å². The van der Waals surface area contributed by atoms with Crippen LogP contribution in [0.3, 0.4) is 0 Å². The third kappa shape index (κ3) is 5.25. The molecular formula is C15H20O4S. The molecule has 0 bridgehead atoms. The van der Waals surface area contributed by atoms with Gasteiger partial charge in [-0.2, -0.15) is 0 Å². The van der Waals surface area contributed by atoms with Gasteiger partial charge in [-0.1, -0.05) is 38.1 Å². The standard InChI is InChI=1S/C15H20O4S/c1-3-10(2)12-6-4-11(5-7-12)9-20-13(15(18)19)8-14(16)17/h4-7,10,13H,3,8-9H2,1-2H3,(H,16,17)(H,18,19). The zero-order valence-electron chi connectivity index (χ0n) is 11.7. The van der Waals surface area contributed by atoms with E-state index in [1.807, 2.05) is 12.1 Å². The Bertz CT molecular complexity index is 455. The largest absolute Gasteiger partial charge is 0.481 e. The molecular weight excluding hydrogens is 276 g/mol. The van der Waals surface area contributed by atoms with Crippen molar-refractivity contribution < 1.29 is 19.8 Å². The fourth-order valence-electron chi connectivity index (χ4n) is 1.75. The number of carbonyl (C=O) groups is 2. The van der Waals surface area contributed by atoms with Gasteiger partial charge in [0.15, 0.2) is 0 Å². The quantitative estimate of drug-likeness (QED) is 0.769. The predicted octanol–water partition coefficient (Wildman–Crippen LogP) is 3.36. The van der Waals surface area contributed by atoms with Gasteiger partial charge in [-0.05, 0) is 23.5 Å². The summed E-state index contributed by atoms with van der Waals surface area (Å²) in [5, 5.41) is 16.7. The zero-order valence-corrected chi connectivity index (χ0v) is 12.5. The van der Waals surface area contributed by atoms with Crippen molar-refractivity contribution in [3.63, 3.8) is 0 Å². The lowest BCUT2D eigenvalue weighted by atomic mass is 9.98. The van der Waals surface area contributed by atoms with Crippen LogP contribution < -0.4 is 0 Å². The van der Waals surface area contributed by atoms with Gasteiger partial charge in [-0.3, -0.25) is 9.59 Å². The number of hydrogen-bond acceptors (Lipinski definition) is 3. The van der Waals surface area contributed by atoms with Gasteiger partial charge >= 0.3 is 11.9 Å². The van der Waals surface area contributed by atoms with Crippen LogP contribution in [0.4, 0.5) is 0 Å². The van der Waals surface area contributed by atoms with Gasteiger partial charge in [0.1, 0.15) is 5.25 Å². The molecule has 110 valence electrons. The van der Waals surface area contributed by atoms with Crippen LogP contribution in [-0.4, -0.2) is 27.4 Å². The Balaban J connectivity index is 2.59. The molecule has 0 aliphatic heterocycles. The van der Waals surface area contributed by atoms with Crippen molar-refractivity contribution in [2.45, 2.75) is 43.6 Å². The molecule has 0 amide bonds. The highest BCUT2D eigenvalue weighted by atomic mass is 32.2. The molecule has 0 heterocycles. The van der Waals surface area contributed by atoms with Crippen LogP contribution >= 0.6 is 11.8 Å². The van der Waals surface area contributed by atoms with Crippen LogP contribution in [0.15, 0.2) is 24.3 Å². The van der Waals surface area contributed by atoms with Gasteiger partial charge in [0, 0.05) is 5.75 Å². The first-order valence-corrected chi connectivity index (χ1v) is 7.64. The predicted molar refractivity (Wildman–Crippen MR) is 80.1 cm³/mol. The lowest BCUT2D eigenvalue weighted by Crippen LogP contribution is -2.20. The summed E-state index contributed by atoms with van der Waals surface area (Å²) < 4.78 is 0. The van der Waals surface area contributed by atoms with E-state index in [0.29, 0.717) is 11.7 Å². The molecule has 2 unspecified atom stereocenters. The maximum atomic E-state index is 11.0. The number of rotatable bonds is 8. The van der Waals surface area contributed by atoms with E-state index >= 15 is 0 Å². The summed E-state index contributed by atoms with van der Waals surface area (Å²) in [4.78, 5) is 21.6. The van der Waals surface area contributed by atoms with Gasteiger partial charge in [0.25, 0.3) is 0 Å². The lowest BCUT2D eigenvalue weighted by molar-refractivity contribution is -0.142. The van der Waals surface area contributed by atoms with Crippen molar-refractivity contribution in [1.29, 1.82) is 0 Å². The Morgan fingerprint density at radius 3 is 2.25 bits per heavy atom. The van der Waals surface area contributed by atoms with Crippen molar-refractivity contribution >= 4 is 23.7 Å². The Hall–Kier alpha value is -1.49. The van der Waals surface area contributed by atoms with Gasteiger partial charge in [0.2, 0.25) is 0 Å². The summed E-state index contributed by atoms with van der Waals surface area (Å²) in [6.45, 7) is 4.30. The SMILES string of the molecule is CCC(C)c1ccc(CSC(CC(=O)O)C(=O)O)cc1. The molecule has 0 saturated heterocycles. The molecule has 0 aromatic heterocycles. The first kappa shape index (κ1) is 16.6. The third-order valence-corrected chi connectivity index (χ3v) is 4.52. The highest BCUT2D eigenvalue weighted by Crippen LogP contribution is 2.23. The number of carboxylic acid groups (broad SMARTS) is 2. The number of aliphatic carboxylic acids is 2. The molecule has 20 heavy (non-hydrogen) atoms. The fraction of sp³-hybridized carbons (Fsp3) is 0.467. The minimum atomic E-state index is -1.09. The topological polar surface area (TPSA) is 74.6 Å². The smallest absolute Gasteiger partial charge is 0.317 e. The zero-order chi connectivity index (χ0) is 15.1. The summed E-state index contributed by atoms with van der Waals surface area (Å²) >= 11 is 1.15. The molecule has 2 N–H and O–H groups in total. The normalized spacial score (nSPS) is 13.7. The van der Waals surface area contributed by atoms with Gasteiger partial charge < -0.3 is 10.2 Å². The minimum absolute atomic E-state index is 0.356. The molecule has 0 aliphatic rings. The van der Waals surface area contributed by atoms with E-state index in [4.69, 9.17) is 10.2 Å². The number of benzene rings is 1. The molecule has 0 aliphatic carbocycles. The van der Waals surface area contributed by atoms with Crippen LogP contribution in [-0.2, 0) is 15.3 Å². The van der Waals surface area contributed by atoms with Gasteiger partial charge in [-0.15, -0.1) is 11.8 Å². The second kappa shape index (κ2) is 7.94. The van der Waals surface area contributed by atoms with Crippen molar-refractivity contribution in [3.05, 3.63) is 35.4 Å². The highest BCUT2D eigenvalue weighted by Gasteiger charge is 2.21. The summed E-state index contributed by atoms with van der Waals surface area (Å²) in [7, 11) is 0. The molecule has 2 atom stereocenters. The summed E-state index contributed by atoms with van der Waals surface area (Å²) in [5.74, 6) is -1.15. The molecule has 1 rings (SSSR count). The average molecular weight is 296 g/mol. The fourth-order valence-corrected chi connectivity index (χ4v) is 2.74. The monoisotopic (exact) mass is 296 g/mol. The van der Waals surface area contributed by atoms with Crippen LogP contribution in [0.1, 0.15) is 43.7 Å². The number of carboxylic acids is 2. The Morgan fingerprint density at radius 2 is 1.80 bits per heavy atom. The minimum Gasteiger partial charge on any atom is -0.481 e. The Morgan fingerprint density at radius 1 is 1.20 bits per heavy atom. The van der Waals surface area contributed by atoms with Crippen LogP contribution in [0, 0.1) is 0 Å². The molecule has 1 aromatic carbocycles. The first-order chi connectivity index (χ1) is 9.43. The summed E-state index contributed by atoms with van der Waals surface area (Å²) in [5.41, 5.74) is 2.28. The third-order valence-electron chi connectivity index (χ3n) is 3.25. The molecule has 0 radical (unpaired) electrons. The van der Waals surface area contributed by atoms with E-state index in [-0.39, 0.29) is 6.42 Å². The molecule has 1 aromatic rings. The van der Waals surface area contributed by atoms with Crippen molar-refractivity contribution in [3.8, 4) is 0 Å². The maximum Gasteiger partial charge on any atom is 0.317 e. The Labute approximate surface area is 123 Å².